The minimum absolute atomic E-state index is 0.0902. The Hall–Kier alpha value is -3.41. The molecule has 1 saturated carbocycles. The molecule has 1 aromatic heterocycles. The van der Waals surface area contributed by atoms with E-state index in [2.05, 4.69) is 41.6 Å². The summed E-state index contributed by atoms with van der Waals surface area (Å²) in [6.45, 7) is 4.71. The molecule has 6 heteroatoms. The fourth-order valence-corrected chi connectivity index (χ4v) is 4.63. The molecule has 0 radical (unpaired) electrons. The topological polar surface area (TPSA) is 91.3 Å². The van der Waals surface area contributed by atoms with Crippen molar-refractivity contribution in [1.29, 1.82) is 0 Å². The summed E-state index contributed by atoms with van der Waals surface area (Å²) in [6.07, 6.45) is 4.04. The number of hydrogen-bond donors (Lipinski definition) is 3. The second kappa shape index (κ2) is 8.99. The third-order valence-corrected chi connectivity index (χ3v) is 6.17. The first-order valence-electron chi connectivity index (χ1n) is 11.0. The van der Waals surface area contributed by atoms with Gasteiger partial charge in [0.1, 0.15) is 0 Å². The van der Waals surface area contributed by atoms with Crippen LogP contribution in [-0.4, -0.2) is 28.5 Å². The number of benzene rings is 2. The third kappa shape index (κ3) is 5.07. The van der Waals surface area contributed by atoms with Gasteiger partial charge in [-0.25, -0.2) is 0 Å². The predicted molar refractivity (Wildman–Crippen MR) is 126 cm³/mol. The van der Waals surface area contributed by atoms with Crippen molar-refractivity contribution in [2.45, 2.75) is 39.2 Å². The van der Waals surface area contributed by atoms with E-state index >= 15 is 0 Å². The number of carbonyl (C=O) groups excluding carboxylic acids is 1. The number of carbonyl (C=O) groups is 2. The molecule has 0 bridgehead atoms. The summed E-state index contributed by atoms with van der Waals surface area (Å²) in [5.41, 5.74) is 3.95. The maximum atomic E-state index is 12.3. The van der Waals surface area contributed by atoms with Crippen LogP contribution >= 0.6 is 0 Å². The molecule has 6 nitrogen and oxygen atoms in total. The van der Waals surface area contributed by atoms with Crippen molar-refractivity contribution in [3.63, 3.8) is 0 Å². The summed E-state index contributed by atoms with van der Waals surface area (Å²) in [5, 5.41) is 16.2. The molecule has 3 N–H and O–H groups in total. The van der Waals surface area contributed by atoms with Crippen LogP contribution in [0.5, 0.6) is 0 Å². The Morgan fingerprint density at radius 1 is 1.12 bits per heavy atom. The van der Waals surface area contributed by atoms with E-state index in [1.807, 2.05) is 48.7 Å². The van der Waals surface area contributed by atoms with Crippen molar-refractivity contribution in [3.8, 4) is 0 Å². The highest BCUT2D eigenvalue weighted by Gasteiger charge is 2.41. The molecule has 166 valence electrons. The molecule has 1 atom stereocenters. The molecule has 32 heavy (non-hydrogen) atoms. The Kier molecular flexibility index (Phi) is 6.12. The Balaban J connectivity index is 1.52. The van der Waals surface area contributed by atoms with Crippen LogP contribution in [0, 0.1) is 11.3 Å². The number of pyridine rings is 1. The van der Waals surface area contributed by atoms with Gasteiger partial charge in [0, 0.05) is 17.5 Å². The molecule has 1 aliphatic carbocycles. The maximum absolute atomic E-state index is 12.3. The molecule has 4 rings (SSSR count). The molecule has 1 unspecified atom stereocenters. The molecule has 2 aromatic carbocycles. The van der Waals surface area contributed by atoms with Crippen molar-refractivity contribution >= 4 is 28.5 Å². The zero-order valence-corrected chi connectivity index (χ0v) is 18.5. The van der Waals surface area contributed by atoms with Crippen LogP contribution in [-0.2, 0) is 4.79 Å². The minimum atomic E-state index is -0.929. The summed E-state index contributed by atoms with van der Waals surface area (Å²) in [7, 11) is 0. The molecular weight excluding hydrogens is 402 g/mol. The second-order valence-corrected chi connectivity index (χ2v) is 9.39. The average molecular weight is 432 g/mol. The van der Waals surface area contributed by atoms with E-state index in [1.54, 1.807) is 0 Å². The highest BCUT2D eigenvalue weighted by molar-refractivity contribution is 5.94. The number of carboxylic acids is 1. The Labute approximate surface area is 188 Å². The molecule has 0 aliphatic heterocycles. The lowest BCUT2D eigenvalue weighted by molar-refractivity contribution is -0.136. The van der Waals surface area contributed by atoms with E-state index in [9.17, 15) is 9.59 Å². The first kappa shape index (κ1) is 21.8. The number of hydrogen-bond acceptors (Lipinski definition) is 4. The molecule has 0 spiro atoms. The van der Waals surface area contributed by atoms with Crippen LogP contribution in [0.3, 0.4) is 0 Å². The fraction of sp³-hybridized carbons (Fsp3) is 0.346. The largest absolute Gasteiger partial charge is 0.481 e. The second-order valence-electron chi connectivity index (χ2n) is 9.39. The maximum Gasteiger partial charge on any atom is 0.305 e. The first-order chi connectivity index (χ1) is 15.3. The van der Waals surface area contributed by atoms with Crippen molar-refractivity contribution in [3.05, 3.63) is 71.9 Å². The molecule has 3 aromatic rings. The number of nitrogens with zero attached hydrogens (tertiary/aromatic N) is 1. The van der Waals surface area contributed by atoms with E-state index in [0.29, 0.717) is 16.9 Å². The number of amides is 1. The molecule has 0 saturated heterocycles. The van der Waals surface area contributed by atoms with E-state index in [0.717, 1.165) is 35.0 Å². The quantitative estimate of drug-likeness (QED) is 0.465. The normalized spacial score (nSPS) is 16.2. The summed E-state index contributed by atoms with van der Waals surface area (Å²) >= 11 is 0. The van der Waals surface area contributed by atoms with Crippen molar-refractivity contribution in [1.82, 2.24) is 10.3 Å². The van der Waals surface area contributed by atoms with Gasteiger partial charge in [-0.1, -0.05) is 44.2 Å². The van der Waals surface area contributed by atoms with E-state index in [1.165, 1.54) is 0 Å². The lowest BCUT2D eigenvalue weighted by Gasteiger charge is -2.47. The van der Waals surface area contributed by atoms with Crippen molar-refractivity contribution in [2.75, 3.05) is 11.9 Å². The fourth-order valence-electron chi connectivity index (χ4n) is 4.63. The lowest BCUT2D eigenvalue weighted by Crippen LogP contribution is -2.38. The number of fused-ring (bicyclic) bond motifs is 1. The van der Waals surface area contributed by atoms with Crippen LogP contribution in [0.15, 0.2) is 60.8 Å². The number of aromatic nitrogens is 1. The highest BCUT2D eigenvalue weighted by atomic mass is 16.4. The number of para-hydroxylation sites is 1. The van der Waals surface area contributed by atoms with E-state index < -0.39 is 5.97 Å². The molecular formula is C26H29N3O3. The summed E-state index contributed by atoms with van der Waals surface area (Å²) in [6, 6.07) is 17.9. The summed E-state index contributed by atoms with van der Waals surface area (Å²) < 4.78 is 0. The first-order valence-corrected chi connectivity index (χ1v) is 11.0. The van der Waals surface area contributed by atoms with Gasteiger partial charge in [-0.05, 0) is 54.0 Å². The smallest absolute Gasteiger partial charge is 0.305 e. The SMILES string of the molecule is CC1(C)CC(C(Nc2cnc3ccccc3c2)c2ccc(C(=O)NCCC(=O)O)cc2)C1. The van der Waals surface area contributed by atoms with E-state index in [-0.39, 0.29) is 24.9 Å². The molecule has 1 heterocycles. The minimum Gasteiger partial charge on any atom is -0.481 e. The zero-order chi connectivity index (χ0) is 22.7. The molecule has 1 amide bonds. The molecule has 1 fully saturated rings. The third-order valence-electron chi connectivity index (χ3n) is 6.17. The van der Waals surface area contributed by atoms with Gasteiger partial charge in [-0.15, -0.1) is 0 Å². The van der Waals surface area contributed by atoms with Crippen LogP contribution in [0.2, 0.25) is 0 Å². The monoisotopic (exact) mass is 431 g/mol. The van der Waals surface area contributed by atoms with Gasteiger partial charge in [0.05, 0.1) is 29.9 Å². The number of carboxylic acid groups (broad SMARTS) is 1. The van der Waals surface area contributed by atoms with Gasteiger partial charge in [0.2, 0.25) is 0 Å². The van der Waals surface area contributed by atoms with Gasteiger partial charge >= 0.3 is 5.97 Å². The van der Waals surface area contributed by atoms with Gasteiger partial charge in [-0.2, -0.15) is 0 Å². The van der Waals surface area contributed by atoms with Gasteiger partial charge < -0.3 is 15.7 Å². The van der Waals surface area contributed by atoms with E-state index in [4.69, 9.17) is 5.11 Å². The Morgan fingerprint density at radius 3 is 2.53 bits per heavy atom. The molecule has 1 aliphatic rings. The van der Waals surface area contributed by atoms with Crippen molar-refractivity contribution < 1.29 is 14.7 Å². The summed E-state index contributed by atoms with van der Waals surface area (Å²) in [5.74, 6) is -0.696. The van der Waals surface area contributed by atoms with Crippen molar-refractivity contribution in [2.24, 2.45) is 11.3 Å². The van der Waals surface area contributed by atoms with Crippen LogP contribution in [0.25, 0.3) is 10.9 Å². The summed E-state index contributed by atoms with van der Waals surface area (Å²) in [4.78, 5) is 27.5. The average Bonchev–Trinajstić information content (AvgIpc) is 2.75. The zero-order valence-electron chi connectivity index (χ0n) is 18.5. The van der Waals surface area contributed by atoms with Crippen LogP contribution in [0.4, 0.5) is 5.69 Å². The van der Waals surface area contributed by atoms with Gasteiger partial charge in [0.25, 0.3) is 5.91 Å². The predicted octanol–water partition coefficient (Wildman–Crippen LogP) is 5.03. The highest BCUT2D eigenvalue weighted by Crippen LogP contribution is 2.51. The number of aliphatic carboxylic acids is 1. The van der Waals surface area contributed by atoms with Gasteiger partial charge in [0.15, 0.2) is 0 Å². The number of anilines is 1. The Bertz CT molecular complexity index is 1120. The van der Waals surface area contributed by atoms with Gasteiger partial charge in [-0.3, -0.25) is 14.6 Å². The lowest BCUT2D eigenvalue weighted by atomic mass is 9.61. The number of nitrogens with one attached hydrogen (secondary N) is 2. The number of rotatable bonds is 8. The Morgan fingerprint density at radius 2 is 1.84 bits per heavy atom. The van der Waals surface area contributed by atoms with Crippen LogP contribution < -0.4 is 10.6 Å². The van der Waals surface area contributed by atoms with Crippen LogP contribution in [0.1, 0.15) is 55.1 Å². The standard InChI is InChI=1S/C26H29N3O3/c1-26(2)14-20(15-26)24(29-21-13-19-5-3-4-6-22(19)28-16-21)17-7-9-18(10-8-17)25(32)27-12-11-23(30)31/h3-10,13,16,20,24,29H,11-12,14-15H2,1-2H3,(H,27,32)(H,30,31).